The van der Waals surface area contributed by atoms with Crippen LogP contribution in [-0.4, -0.2) is 43.6 Å². The zero-order chi connectivity index (χ0) is 29.5. The maximum Gasteiger partial charge on any atom is 0.416 e. The van der Waals surface area contributed by atoms with Gasteiger partial charge in [-0.05, 0) is 72.9 Å². The minimum atomic E-state index is -4.96. The summed E-state index contributed by atoms with van der Waals surface area (Å²) < 4.78 is 93.6. The van der Waals surface area contributed by atoms with Crippen LogP contribution in [-0.2, 0) is 26.6 Å². The van der Waals surface area contributed by atoms with Gasteiger partial charge in [0.1, 0.15) is 6.10 Å². The van der Waals surface area contributed by atoms with Crippen molar-refractivity contribution < 1.29 is 40.6 Å². The highest BCUT2D eigenvalue weighted by molar-refractivity contribution is 5.92. The molecule has 4 nitrogen and oxygen atoms in total. The first kappa shape index (κ1) is 29.6. The number of aryl methyl sites for hydroxylation is 1. The minimum absolute atomic E-state index is 0.119. The number of carbonyl (C=O) groups excluding carboxylic acids is 1. The summed E-state index contributed by atoms with van der Waals surface area (Å²) in [5, 5.41) is 0. The topological polar surface area (TPSA) is 38.8 Å². The van der Waals surface area contributed by atoms with Crippen molar-refractivity contribution in [2.45, 2.75) is 63.1 Å². The van der Waals surface area contributed by atoms with E-state index in [1.54, 1.807) is 6.08 Å². The Morgan fingerprint density at radius 1 is 0.951 bits per heavy atom. The smallest absolute Gasteiger partial charge is 0.382 e. The van der Waals surface area contributed by atoms with E-state index in [0.29, 0.717) is 31.7 Å². The SMILES string of the molecule is COC[C@@H](O[C@H]1CC[C@@H]2CN(C3=CC(=O)CC3)C[C@H]2[C@@H]1c1ccccc1C)c1cc(C(F)(F)F)cc(C(F)(F)F)c1. The predicted octanol–water partition coefficient (Wildman–Crippen LogP) is 7.48. The molecule has 0 unspecified atom stereocenters. The number of rotatable bonds is 7. The van der Waals surface area contributed by atoms with Crippen molar-refractivity contribution in [3.8, 4) is 0 Å². The van der Waals surface area contributed by atoms with Gasteiger partial charge in [-0.25, -0.2) is 0 Å². The number of carbonyl (C=O) groups is 1. The molecule has 1 saturated heterocycles. The van der Waals surface area contributed by atoms with Gasteiger partial charge in [0.15, 0.2) is 5.78 Å². The first-order valence-electron chi connectivity index (χ1n) is 13.8. The number of fused-ring (bicyclic) bond motifs is 1. The fourth-order valence-corrected chi connectivity index (χ4v) is 6.79. The number of halogens is 6. The highest BCUT2D eigenvalue weighted by atomic mass is 19.4. The van der Waals surface area contributed by atoms with E-state index in [1.165, 1.54) is 7.11 Å². The number of benzene rings is 2. The highest BCUT2D eigenvalue weighted by Crippen LogP contribution is 2.50. The van der Waals surface area contributed by atoms with Crippen LogP contribution in [0.2, 0.25) is 0 Å². The molecule has 3 aliphatic rings. The molecule has 0 bridgehead atoms. The molecule has 1 aliphatic heterocycles. The minimum Gasteiger partial charge on any atom is -0.382 e. The normalized spacial score (nSPS) is 25.8. The zero-order valence-corrected chi connectivity index (χ0v) is 22.9. The zero-order valence-electron chi connectivity index (χ0n) is 22.9. The molecule has 10 heteroatoms. The number of allylic oxidation sites excluding steroid dienone is 2. The lowest BCUT2D eigenvalue weighted by atomic mass is 9.68. The second kappa shape index (κ2) is 11.4. The molecule has 0 amide bonds. The first-order valence-corrected chi connectivity index (χ1v) is 13.8. The van der Waals surface area contributed by atoms with Crippen LogP contribution in [0, 0.1) is 18.8 Å². The molecule has 0 radical (unpaired) electrons. The van der Waals surface area contributed by atoms with Gasteiger partial charge in [-0.2, -0.15) is 26.3 Å². The maximum atomic E-state index is 13.6. The van der Waals surface area contributed by atoms with E-state index in [4.69, 9.17) is 9.47 Å². The van der Waals surface area contributed by atoms with Crippen molar-refractivity contribution >= 4 is 5.78 Å². The van der Waals surface area contributed by atoms with Crippen molar-refractivity contribution in [3.63, 3.8) is 0 Å². The van der Waals surface area contributed by atoms with Gasteiger partial charge in [0.2, 0.25) is 0 Å². The van der Waals surface area contributed by atoms with E-state index in [-0.39, 0.29) is 35.9 Å². The van der Waals surface area contributed by atoms with Crippen LogP contribution in [0.4, 0.5) is 26.3 Å². The van der Waals surface area contributed by atoms with Crippen molar-refractivity contribution in [1.29, 1.82) is 0 Å². The largest absolute Gasteiger partial charge is 0.416 e. The number of alkyl halides is 6. The lowest BCUT2D eigenvalue weighted by Gasteiger charge is -2.41. The number of nitrogens with zero attached hydrogens (tertiary/aromatic N) is 1. The standard InChI is InChI=1S/C31H33F6NO3/c1-18-5-3-4-6-25(18)29-26-16-38(23-8-9-24(39)14-23)15-19(26)7-10-27(29)41-28(17-40-2)20-11-21(30(32,33)34)13-22(12-20)31(35,36)37/h3-6,11-14,19,26-29H,7-10,15-17H2,1-2H3/t19-,26-,27+,28-,29+/m1/s1. The van der Waals surface area contributed by atoms with E-state index in [1.807, 2.05) is 31.2 Å². The molecule has 5 rings (SSSR count). The second-order valence-electron chi connectivity index (χ2n) is 11.3. The quantitative estimate of drug-likeness (QED) is 0.318. The number of ketones is 1. The Kier molecular flexibility index (Phi) is 8.27. The third kappa shape index (κ3) is 6.33. The number of hydrogen-bond acceptors (Lipinski definition) is 4. The second-order valence-corrected chi connectivity index (χ2v) is 11.3. The summed E-state index contributed by atoms with van der Waals surface area (Å²) in [5.74, 6) is 0.447. The van der Waals surface area contributed by atoms with Crippen LogP contribution >= 0.6 is 0 Å². The van der Waals surface area contributed by atoms with Crippen LogP contribution in [0.15, 0.2) is 54.2 Å². The summed E-state index contributed by atoms with van der Waals surface area (Å²) in [6.07, 6.45) is -7.19. The van der Waals surface area contributed by atoms with Crippen LogP contribution in [0.5, 0.6) is 0 Å². The Morgan fingerprint density at radius 3 is 2.22 bits per heavy atom. The Labute approximate surface area is 235 Å². The van der Waals surface area contributed by atoms with Gasteiger partial charge in [-0.1, -0.05) is 24.3 Å². The molecule has 1 saturated carbocycles. The fourth-order valence-electron chi connectivity index (χ4n) is 6.79. The summed E-state index contributed by atoms with van der Waals surface area (Å²) in [5.41, 5.74) is 0.159. The number of ether oxygens (including phenoxy) is 2. The molecular formula is C31H33F6NO3. The van der Waals surface area contributed by atoms with E-state index in [0.717, 1.165) is 41.9 Å². The van der Waals surface area contributed by atoms with Gasteiger partial charge in [-0.15, -0.1) is 0 Å². The van der Waals surface area contributed by atoms with Gasteiger partial charge in [0, 0.05) is 44.3 Å². The van der Waals surface area contributed by atoms with Crippen molar-refractivity contribution in [2.75, 3.05) is 26.8 Å². The lowest BCUT2D eigenvalue weighted by Crippen LogP contribution is -2.39. The van der Waals surface area contributed by atoms with Gasteiger partial charge in [0.05, 0.1) is 23.8 Å². The van der Waals surface area contributed by atoms with Crippen molar-refractivity contribution in [1.82, 2.24) is 4.90 Å². The van der Waals surface area contributed by atoms with E-state index < -0.39 is 35.7 Å². The third-order valence-corrected chi connectivity index (χ3v) is 8.72. The number of hydrogen-bond donors (Lipinski definition) is 0. The highest BCUT2D eigenvalue weighted by Gasteiger charge is 2.47. The number of methoxy groups -OCH3 is 1. The molecule has 222 valence electrons. The van der Waals surface area contributed by atoms with Gasteiger partial charge >= 0.3 is 12.4 Å². The van der Waals surface area contributed by atoms with Crippen molar-refractivity contribution in [2.24, 2.45) is 11.8 Å². The molecule has 2 aromatic carbocycles. The van der Waals surface area contributed by atoms with Crippen LogP contribution < -0.4 is 0 Å². The van der Waals surface area contributed by atoms with Gasteiger partial charge < -0.3 is 14.4 Å². The fraction of sp³-hybridized carbons (Fsp3) is 0.516. The van der Waals surface area contributed by atoms with E-state index in [9.17, 15) is 31.1 Å². The summed E-state index contributed by atoms with van der Waals surface area (Å²) in [4.78, 5) is 14.2. The predicted molar refractivity (Wildman–Crippen MR) is 140 cm³/mol. The summed E-state index contributed by atoms with van der Waals surface area (Å²) >= 11 is 0. The van der Waals surface area contributed by atoms with Crippen LogP contribution in [0.1, 0.15) is 65.5 Å². The molecule has 5 atom stereocenters. The van der Waals surface area contributed by atoms with E-state index >= 15 is 0 Å². The molecule has 0 spiro atoms. The maximum absolute atomic E-state index is 13.6. The van der Waals surface area contributed by atoms with Crippen LogP contribution in [0.25, 0.3) is 0 Å². The van der Waals surface area contributed by atoms with Gasteiger partial charge in [-0.3, -0.25) is 4.79 Å². The molecule has 41 heavy (non-hydrogen) atoms. The Hall–Kier alpha value is -2.85. The monoisotopic (exact) mass is 581 g/mol. The average Bonchev–Trinajstić information content (AvgIpc) is 3.54. The molecule has 1 heterocycles. The third-order valence-electron chi connectivity index (χ3n) is 8.72. The molecule has 0 N–H and O–H groups in total. The Balaban J connectivity index is 1.50. The first-order chi connectivity index (χ1) is 19.3. The van der Waals surface area contributed by atoms with Gasteiger partial charge in [0.25, 0.3) is 0 Å². The summed E-state index contributed by atoms with van der Waals surface area (Å²) in [6, 6.07) is 9.47. The molecule has 2 fully saturated rings. The summed E-state index contributed by atoms with van der Waals surface area (Å²) in [6.45, 7) is 3.31. The van der Waals surface area contributed by atoms with Crippen LogP contribution in [0.3, 0.4) is 0 Å². The molecule has 2 aromatic rings. The Bertz CT molecular complexity index is 1270. The molecule has 2 aliphatic carbocycles. The lowest BCUT2D eigenvalue weighted by molar-refractivity contribution is -0.143. The summed E-state index contributed by atoms with van der Waals surface area (Å²) in [7, 11) is 1.34. The molecule has 0 aromatic heterocycles. The van der Waals surface area contributed by atoms with Crippen molar-refractivity contribution in [3.05, 3.63) is 82.1 Å². The number of likely N-dealkylation sites (tertiary alicyclic amines) is 1. The molecular weight excluding hydrogens is 548 g/mol. The van der Waals surface area contributed by atoms with E-state index in [2.05, 4.69) is 4.90 Å². The average molecular weight is 582 g/mol. The Morgan fingerprint density at radius 2 is 1.63 bits per heavy atom.